The van der Waals surface area contributed by atoms with E-state index in [2.05, 4.69) is 22.6 Å². The Morgan fingerprint density at radius 2 is 1.63 bits per heavy atom. The monoisotopic (exact) mass is 508 g/mol. The summed E-state index contributed by atoms with van der Waals surface area (Å²) in [7, 11) is 2.06. The Hall–Kier alpha value is -4.23. The van der Waals surface area contributed by atoms with Crippen LogP contribution in [0.3, 0.4) is 0 Å². The molecule has 7 heteroatoms. The maximum atomic E-state index is 13.1. The summed E-state index contributed by atoms with van der Waals surface area (Å²) < 4.78 is 0. The molecule has 194 valence electrons. The first-order valence-corrected chi connectivity index (χ1v) is 13.0. The number of benzene rings is 3. The molecule has 1 atom stereocenters. The second-order valence-electron chi connectivity index (χ2n) is 9.83. The number of hydrogen-bond donors (Lipinski definition) is 2. The van der Waals surface area contributed by atoms with Crippen LogP contribution in [-0.4, -0.2) is 60.7 Å². The molecule has 3 aromatic rings. The highest BCUT2D eigenvalue weighted by molar-refractivity contribution is 6.35. The molecule has 7 nitrogen and oxygen atoms in total. The van der Waals surface area contributed by atoms with Gasteiger partial charge in [0.25, 0.3) is 17.7 Å². The van der Waals surface area contributed by atoms with E-state index in [0.29, 0.717) is 28.0 Å². The van der Waals surface area contributed by atoms with Gasteiger partial charge >= 0.3 is 0 Å². The normalized spacial score (nSPS) is 17.2. The molecule has 0 unspecified atom stereocenters. The Bertz CT molecular complexity index is 1370. The topological polar surface area (TPSA) is 81.8 Å². The third-order valence-corrected chi connectivity index (χ3v) is 7.24. The lowest BCUT2D eigenvalue weighted by atomic mass is 10.00. The SMILES string of the molecule is CC[C@H](NC(=O)c1ccc2c(c1)/C(=C/c1ccc(C(=O)N3CCN(C)CC3)cc1)C(=O)N2)c1ccccc1. The van der Waals surface area contributed by atoms with E-state index < -0.39 is 0 Å². The molecule has 2 N–H and O–H groups in total. The standard InChI is InChI=1S/C31H32N4O3/c1-3-27(22-7-5-4-6-8-22)32-29(36)24-13-14-28-25(20-24)26(30(37)33-28)19-21-9-11-23(12-10-21)31(38)35-17-15-34(2)16-18-35/h4-14,19-20,27H,3,15-18H2,1-2H3,(H,32,36)(H,33,37)/b26-19-/t27-/m0/s1. The maximum Gasteiger partial charge on any atom is 0.256 e. The summed E-state index contributed by atoms with van der Waals surface area (Å²) in [6.07, 6.45) is 2.56. The van der Waals surface area contributed by atoms with Crippen molar-refractivity contribution in [3.63, 3.8) is 0 Å². The van der Waals surface area contributed by atoms with E-state index in [-0.39, 0.29) is 23.8 Å². The Morgan fingerprint density at radius 3 is 2.32 bits per heavy atom. The molecule has 0 saturated carbocycles. The number of hydrogen-bond acceptors (Lipinski definition) is 4. The van der Waals surface area contributed by atoms with Crippen LogP contribution in [0.4, 0.5) is 5.69 Å². The Kier molecular flexibility index (Phi) is 7.38. The van der Waals surface area contributed by atoms with Crippen LogP contribution in [0, 0.1) is 0 Å². The first-order chi connectivity index (χ1) is 18.4. The highest BCUT2D eigenvalue weighted by Gasteiger charge is 2.26. The van der Waals surface area contributed by atoms with Crippen LogP contribution in [0.1, 0.15) is 56.8 Å². The highest BCUT2D eigenvalue weighted by atomic mass is 16.2. The molecular weight excluding hydrogens is 476 g/mol. The fraction of sp³-hybridized carbons (Fsp3) is 0.258. The summed E-state index contributed by atoms with van der Waals surface area (Å²) in [5.41, 5.74) is 4.84. The van der Waals surface area contributed by atoms with Gasteiger partial charge < -0.3 is 20.4 Å². The van der Waals surface area contributed by atoms with Gasteiger partial charge in [-0.1, -0.05) is 49.4 Å². The van der Waals surface area contributed by atoms with Crippen LogP contribution in [-0.2, 0) is 4.79 Å². The van der Waals surface area contributed by atoms with Crippen molar-refractivity contribution in [1.29, 1.82) is 0 Å². The number of nitrogens with one attached hydrogen (secondary N) is 2. The van der Waals surface area contributed by atoms with Gasteiger partial charge in [0.15, 0.2) is 0 Å². The number of carbonyl (C=O) groups excluding carboxylic acids is 3. The van der Waals surface area contributed by atoms with Crippen LogP contribution < -0.4 is 10.6 Å². The molecule has 0 aliphatic carbocycles. The Labute approximate surface area is 223 Å². The predicted molar refractivity (Wildman–Crippen MR) is 150 cm³/mol. The number of piperazine rings is 1. The molecule has 0 aromatic heterocycles. The number of likely N-dealkylation sites (N-methyl/N-ethyl adjacent to an activating group) is 1. The minimum Gasteiger partial charge on any atom is -0.345 e. The van der Waals surface area contributed by atoms with Crippen LogP contribution in [0.5, 0.6) is 0 Å². The van der Waals surface area contributed by atoms with E-state index in [4.69, 9.17) is 0 Å². The fourth-order valence-electron chi connectivity index (χ4n) is 4.90. The zero-order valence-electron chi connectivity index (χ0n) is 21.7. The molecule has 0 bridgehead atoms. The zero-order chi connectivity index (χ0) is 26.6. The van der Waals surface area contributed by atoms with Crippen molar-refractivity contribution in [2.45, 2.75) is 19.4 Å². The minimum absolute atomic E-state index is 0.0257. The van der Waals surface area contributed by atoms with Gasteiger partial charge in [0.1, 0.15) is 0 Å². The summed E-state index contributed by atoms with van der Waals surface area (Å²) in [5.74, 6) is -0.377. The third-order valence-electron chi connectivity index (χ3n) is 7.24. The van der Waals surface area contributed by atoms with Crippen molar-refractivity contribution in [3.8, 4) is 0 Å². The zero-order valence-corrected chi connectivity index (χ0v) is 21.7. The van der Waals surface area contributed by atoms with Gasteiger partial charge in [0.05, 0.1) is 6.04 Å². The van der Waals surface area contributed by atoms with Gasteiger partial charge in [-0.15, -0.1) is 0 Å². The molecule has 38 heavy (non-hydrogen) atoms. The van der Waals surface area contributed by atoms with Crippen molar-refractivity contribution in [3.05, 3.63) is 101 Å². The van der Waals surface area contributed by atoms with Crippen LogP contribution in [0.15, 0.2) is 72.8 Å². The minimum atomic E-state index is -0.217. The van der Waals surface area contributed by atoms with Crippen LogP contribution >= 0.6 is 0 Å². The molecule has 1 saturated heterocycles. The third kappa shape index (κ3) is 5.38. The van der Waals surface area contributed by atoms with Crippen molar-refractivity contribution >= 4 is 35.1 Å². The van der Waals surface area contributed by atoms with E-state index in [1.165, 1.54) is 0 Å². The fourth-order valence-corrected chi connectivity index (χ4v) is 4.90. The molecule has 0 spiro atoms. The van der Waals surface area contributed by atoms with Crippen molar-refractivity contribution in [2.75, 3.05) is 38.5 Å². The average Bonchev–Trinajstić information content (AvgIpc) is 3.26. The molecule has 0 radical (unpaired) electrons. The number of fused-ring (bicyclic) bond motifs is 1. The largest absolute Gasteiger partial charge is 0.345 e. The van der Waals surface area contributed by atoms with E-state index in [0.717, 1.165) is 43.7 Å². The first-order valence-electron chi connectivity index (χ1n) is 13.0. The molecule has 2 heterocycles. The van der Waals surface area contributed by atoms with Crippen molar-refractivity contribution in [1.82, 2.24) is 15.1 Å². The number of rotatable bonds is 6. The van der Waals surface area contributed by atoms with Gasteiger partial charge in [-0.25, -0.2) is 0 Å². The molecule has 3 aromatic carbocycles. The smallest absolute Gasteiger partial charge is 0.256 e. The van der Waals surface area contributed by atoms with Gasteiger partial charge in [-0.3, -0.25) is 14.4 Å². The van der Waals surface area contributed by atoms with E-state index >= 15 is 0 Å². The second-order valence-corrected chi connectivity index (χ2v) is 9.83. The van der Waals surface area contributed by atoms with Crippen LogP contribution in [0.2, 0.25) is 0 Å². The molecule has 2 aliphatic heterocycles. The van der Waals surface area contributed by atoms with Gasteiger partial charge in [0, 0.05) is 54.1 Å². The summed E-state index contributed by atoms with van der Waals surface area (Å²) in [6, 6.07) is 22.4. The number of anilines is 1. The summed E-state index contributed by atoms with van der Waals surface area (Å²) in [6.45, 7) is 5.22. The average molecular weight is 509 g/mol. The van der Waals surface area contributed by atoms with E-state index in [1.54, 1.807) is 36.4 Å². The van der Waals surface area contributed by atoms with Crippen LogP contribution in [0.25, 0.3) is 11.6 Å². The lowest BCUT2D eigenvalue weighted by Crippen LogP contribution is -2.47. The lowest BCUT2D eigenvalue weighted by molar-refractivity contribution is -0.110. The van der Waals surface area contributed by atoms with Gasteiger partial charge in [0.2, 0.25) is 0 Å². The molecular formula is C31H32N4O3. The lowest BCUT2D eigenvalue weighted by Gasteiger charge is -2.32. The summed E-state index contributed by atoms with van der Waals surface area (Å²) >= 11 is 0. The highest BCUT2D eigenvalue weighted by Crippen LogP contribution is 2.34. The first kappa shape index (κ1) is 25.4. The second kappa shape index (κ2) is 11.0. The molecule has 5 rings (SSSR count). The molecule has 1 fully saturated rings. The van der Waals surface area contributed by atoms with Crippen molar-refractivity contribution in [2.24, 2.45) is 0 Å². The predicted octanol–water partition coefficient (Wildman–Crippen LogP) is 4.45. The Morgan fingerprint density at radius 1 is 0.947 bits per heavy atom. The number of nitrogens with zero attached hydrogens (tertiary/aromatic N) is 2. The Balaban J connectivity index is 1.34. The van der Waals surface area contributed by atoms with Crippen molar-refractivity contribution < 1.29 is 14.4 Å². The maximum absolute atomic E-state index is 13.1. The number of amides is 3. The van der Waals surface area contributed by atoms with E-state index in [1.807, 2.05) is 54.3 Å². The summed E-state index contributed by atoms with van der Waals surface area (Å²) in [4.78, 5) is 42.8. The van der Waals surface area contributed by atoms with Gasteiger partial charge in [-0.2, -0.15) is 0 Å². The molecule has 2 aliphatic rings. The molecule has 3 amide bonds. The number of carbonyl (C=O) groups is 3. The van der Waals surface area contributed by atoms with E-state index in [9.17, 15) is 14.4 Å². The van der Waals surface area contributed by atoms with Gasteiger partial charge in [-0.05, 0) is 61.0 Å². The summed E-state index contributed by atoms with van der Waals surface area (Å²) in [5, 5.41) is 5.99. The quantitative estimate of drug-likeness (QED) is 0.482.